The van der Waals surface area contributed by atoms with E-state index in [0.717, 1.165) is 6.20 Å². The number of amides is 1. The van der Waals surface area contributed by atoms with Crippen LogP contribution in [0, 0.1) is 22.7 Å². The van der Waals surface area contributed by atoms with E-state index < -0.39 is 34.9 Å². The van der Waals surface area contributed by atoms with Gasteiger partial charge in [0.25, 0.3) is 5.91 Å². The van der Waals surface area contributed by atoms with Gasteiger partial charge in [0.1, 0.15) is 17.5 Å². The van der Waals surface area contributed by atoms with E-state index in [-0.39, 0.29) is 22.0 Å². The smallest absolute Gasteiger partial charge is 0.280 e. The number of carbonyl (C=O) groups excluding carboxylic acids is 1. The van der Waals surface area contributed by atoms with Crippen LogP contribution in [0.5, 0.6) is 0 Å². The van der Waals surface area contributed by atoms with E-state index in [0.29, 0.717) is 16.9 Å². The summed E-state index contributed by atoms with van der Waals surface area (Å²) >= 11 is 0. The lowest BCUT2D eigenvalue weighted by Gasteiger charge is -2.10. The molecule has 0 aliphatic rings. The summed E-state index contributed by atoms with van der Waals surface area (Å²) < 4.78 is 42.0. The molecule has 6 nitrogen and oxygen atoms in total. The van der Waals surface area contributed by atoms with Gasteiger partial charge in [-0.2, -0.15) is 9.72 Å². The lowest BCUT2D eigenvalue weighted by atomic mass is 9.98. The molecule has 0 saturated heterocycles. The first-order valence-electron chi connectivity index (χ1n) is 7.22. The number of aromatic nitrogens is 1. The fraction of sp³-hybridized carbons (Fsp3) is 0. The Labute approximate surface area is 144 Å². The van der Waals surface area contributed by atoms with Gasteiger partial charge in [0, 0.05) is 35.4 Å². The van der Waals surface area contributed by atoms with Crippen molar-refractivity contribution in [2.75, 3.05) is 0 Å². The number of nitrogens with two attached hydrogens (primary N) is 2. The first-order valence-corrected chi connectivity index (χ1v) is 7.22. The molecule has 0 unspecified atom stereocenters. The number of rotatable bonds is 2. The maximum absolute atomic E-state index is 14.2. The first kappa shape index (κ1) is 17.2. The highest BCUT2D eigenvalue weighted by Gasteiger charge is 2.20. The standard InChI is InChI=1S/C17H11F3N4O2/c18-9-6-12(19)15(13(20)7-9)10-3-4-24(26)14-2-1-8(5-11(10)14)16(25)23-17(21)22/h1-7H,(H4,21,22,23,25). The van der Waals surface area contributed by atoms with Gasteiger partial charge in [-0.25, -0.2) is 13.2 Å². The molecule has 4 N–H and O–H groups in total. The lowest BCUT2D eigenvalue weighted by Crippen LogP contribution is -2.26. The summed E-state index contributed by atoms with van der Waals surface area (Å²) in [6.07, 6.45) is 1.05. The molecule has 26 heavy (non-hydrogen) atoms. The third kappa shape index (κ3) is 3.02. The van der Waals surface area contributed by atoms with E-state index in [9.17, 15) is 23.2 Å². The Kier molecular flexibility index (Phi) is 4.21. The van der Waals surface area contributed by atoms with Gasteiger partial charge in [-0.15, -0.1) is 0 Å². The third-order valence-electron chi connectivity index (χ3n) is 3.65. The van der Waals surface area contributed by atoms with Crippen LogP contribution in [0.25, 0.3) is 22.0 Å². The van der Waals surface area contributed by atoms with Crippen molar-refractivity contribution in [2.24, 2.45) is 16.5 Å². The molecule has 0 aliphatic carbocycles. The summed E-state index contributed by atoms with van der Waals surface area (Å²) in [6, 6.07) is 6.04. The Morgan fingerprint density at radius 1 is 1.04 bits per heavy atom. The van der Waals surface area contributed by atoms with E-state index in [1.54, 1.807) is 0 Å². The zero-order valence-electron chi connectivity index (χ0n) is 13.0. The third-order valence-corrected chi connectivity index (χ3v) is 3.65. The van der Waals surface area contributed by atoms with Crippen molar-refractivity contribution in [2.45, 2.75) is 0 Å². The molecule has 0 fully saturated rings. The van der Waals surface area contributed by atoms with Crippen LogP contribution in [-0.4, -0.2) is 11.9 Å². The van der Waals surface area contributed by atoms with Crippen LogP contribution in [0.1, 0.15) is 10.4 Å². The summed E-state index contributed by atoms with van der Waals surface area (Å²) in [4.78, 5) is 15.4. The normalized spacial score (nSPS) is 10.7. The minimum absolute atomic E-state index is 0.00118. The summed E-state index contributed by atoms with van der Waals surface area (Å²) in [5.41, 5.74) is 9.82. The Morgan fingerprint density at radius 3 is 2.31 bits per heavy atom. The van der Waals surface area contributed by atoms with Crippen molar-refractivity contribution in [3.05, 3.63) is 70.8 Å². The largest absolute Gasteiger partial charge is 0.618 e. The average Bonchev–Trinajstić information content (AvgIpc) is 2.55. The van der Waals surface area contributed by atoms with E-state index in [1.165, 1.54) is 24.3 Å². The second-order valence-electron chi connectivity index (χ2n) is 5.37. The highest BCUT2D eigenvalue weighted by molar-refractivity contribution is 6.05. The number of guanidine groups is 1. The molecule has 9 heteroatoms. The quantitative estimate of drug-likeness (QED) is 0.315. The van der Waals surface area contributed by atoms with Gasteiger partial charge < -0.3 is 16.7 Å². The second-order valence-corrected chi connectivity index (χ2v) is 5.37. The first-order chi connectivity index (χ1) is 12.3. The minimum atomic E-state index is -1.14. The number of fused-ring (bicyclic) bond motifs is 1. The van der Waals surface area contributed by atoms with Gasteiger partial charge in [-0.3, -0.25) is 4.79 Å². The molecule has 0 spiro atoms. The highest BCUT2D eigenvalue weighted by Crippen LogP contribution is 2.32. The number of pyridine rings is 1. The number of carbonyl (C=O) groups is 1. The van der Waals surface area contributed by atoms with E-state index in [1.807, 2.05) is 0 Å². The molecular weight excluding hydrogens is 349 g/mol. The zero-order chi connectivity index (χ0) is 19.0. The predicted octanol–water partition coefficient (Wildman–Crippen LogP) is 1.97. The van der Waals surface area contributed by atoms with E-state index in [2.05, 4.69) is 4.99 Å². The van der Waals surface area contributed by atoms with Crippen LogP contribution in [0.4, 0.5) is 13.2 Å². The molecule has 0 atom stereocenters. The summed E-state index contributed by atoms with van der Waals surface area (Å²) in [6.45, 7) is 0. The molecular formula is C17H11F3N4O2. The molecule has 1 heterocycles. The number of halogens is 3. The Hall–Kier alpha value is -3.62. The monoisotopic (exact) mass is 360 g/mol. The van der Waals surface area contributed by atoms with Crippen molar-refractivity contribution in [1.82, 2.24) is 0 Å². The van der Waals surface area contributed by atoms with Gasteiger partial charge in [-0.1, -0.05) is 0 Å². The topological polar surface area (TPSA) is 108 Å². The van der Waals surface area contributed by atoms with Gasteiger partial charge in [0.05, 0.1) is 10.9 Å². The summed E-state index contributed by atoms with van der Waals surface area (Å²) in [5.74, 6) is -4.62. The maximum Gasteiger partial charge on any atom is 0.280 e. The molecule has 3 aromatic rings. The van der Waals surface area contributed by atoms with Crippen molar-refractivity contribution >= 4 is 22.8 Å². The molecule has 0 aliphatic heterocycles. The molecule has 0 saturated carbocycles. The number of aliphatic imine (C=N–C) groups is 1. The predicted molar refractivity (Wildman–Crippen MR) is 88.4 cm³/mol. The Bertz CT molecular complexity index is 1060. The second kappa shape index (κ2) is 6.36. The molecule has 1 amide bonds. The zero-order valence-corrected chi connectivity index (χ0v) is 13.0. The summed E-state index contributed by atoms with van der Waals surface area (Å²) in [7, 11) is 0. The van der Waals surface area contributed by atoms with Crippen LogP contribution in [-0.2, 0) is 0 Å². The number of nitrogens with zero attached hydrogens (tertiary/aromatic N) is 2. The maximum atomic E-state index is 14.2. The fourth-order valence-corrected chi connectivity index (χ4v) is 2.59. The van der Waals surface area contributed by atoms with Crippen molar-refractivity contribution in [3.8, 4) is 11.1 Å². The van der Waals surface area contributed by atoms with Gasteiger partial charge in [0.15, 0.2) is 12.2 Å². The van der Waals surface area contributed by atoms with Crippen LogP contribution < -0.4 is 16.2 Å². The van der Waals surface area contributed by atoms with Gasteiger partial charge >= 0.3 is 0 Å². The molecule has 132 valence electrons. The minimum Gasteiger partial charge on any atom is -0.618 e. The fourth-order valence-electron chi connectivity index (χ4n) is 2.59. The van der Waals surface area contributed by atoms with E-state index in [4.69, 9.17) is 11.5 Å². The Morgan fingerprint density at radius 2 is 1.69 bits per heavy atom. The van der Waals surface area contributed by atoms with Crippen molar-refractivity contribution < 1.29 is 22.7 Å². The Balaban J connectivity index is 2.32. The number of hydrogen-bond donors (Lipinski definition) is 2. The van der Waals surface area contributed by atoms with Crippen molar-refractivity contribution in [1.29, 1.82) is 0 Å². The van der Waals surface area contributed by atoms with Gasteiger partial charge in [-0.05, 0) is 12.1 Å². The lowest BCUT2D eigenvalue weighted by molar-refractivity contribution is -0.576. The molecule has 0 radical (unpaired) electrons. The molecule has 1 aromatic heterocycles. The van der Waals surface area contributed by atoms with Crippen molar-refractivity contribution in [3.63, 3.8) is 0 Å². The molecule has 2 aromatic carbocycles. The highest BCUT2D eigenvalue weighted by atomic mass is 19.1. The number of hydrogen-bond acceptors (Lipinski definition) is 2. The van der Waals surface area contributed by atoms with Crippen LogP contribution >= 0.6 is 0 Å². The summed E-state index contributed by atoms with van der Waals surface area (Å²) in [5, 5.41) is 12.0. The SMILES string of the molecule is NC(N)=NC(=O)c1ccc2c(c1)c(-c1c(F)cc(F)cc1F)cc[n+]2[O-]. The van der Waals surface area contributed by atoms with E-state index >= 15 is 0 Å². The van der Waals surface area contributed by atoms with Crippen LogP contribution in [0.2, 0.25) is 0 Å². The molecule has 3 rings (SSSR count). The van der Waals surface area contributed by atoms with Gasteiger partial charge in [0.2, 0.25) is 5.52 Å². The van der Waals surface area contributed by atoms with Crippen LogP contribution in [0.15, 0.2) is 47.6 Å². The van der Waals surface area contributed by atoms with Crippen LogP contribution in [0.3, 0.4) is 0 Å². The number of benzene rings is 2. The average molecular weight is 360 g/mol. The molecule has 0 bridgehead atoms.